The number of allylic oxidation sites excluding steroid dienone is 2. The Hall–Kier alpha value is -4.73. The molecule has 0 spiro atoms. The molecule has 3 aliphatic rings. The van der Waals surface area contributed by atoms with Crippen molar-refractivity contribution in [2.45, 2.75) is 90.1 Å². The van der Waals surface area contributed by atoms with Crippen molar-refractivity contribution in [2.75, 3.05) is 39.4 Å². The van der Waals surface area contributed by atoms with E-state index in [0.29, 0.717) is 48.2 Å². The lowest BCUT2D eigenvalue weighted by Crippen LogP contribution is -2.52. The van der Waals surface area contributed by atoms with Crippen molar-refractivity contribution in [2.24, 2.45) is 5.41 Å². The number of carboxylic acids is 1. The largest absolute Gasteiger partial charge is 0.488 e. The molecule has 0 bridgehead atoms. The third kappa shape index (κ3) is 10.4. The zero-order chi connectivity index (χ0) is 40.4. The van der Waals surface area contributed by atoms with Crippen molar-refractivity contribution in [3.63, 3.8) is 0 Å². The molecular formula is C45H54ClN5O6. The zero-order valence-electron chi connectivity index (χ0n) is 33.2. The summed E-state index contributed by atoms with van der Waals surface area (Å²) in [7, 11) is 0. The van der Waals surface area contributed by atoms with Crippen LogP contribution in [0.1, 0.15) is 81.5 Å². The fourth-order valence-corrected chi connectivity index (χ4v) is 8.49. The van der Waals surface area contributed by atoms with Gasteiger partial charge in [-0.2, -0.15) is 5.26 Å². The Morgan fingerprint density at radius 1 is 1.04 bits per heavy atom. The Balaban J connectivity index is 1.24. The first-order valence-electron chi connectivity index (χ1n) is 20.0. The second kappa shape index (κ2) is 19.1. The number of carbonyl (C=O) groups excluding carboxylic acids is 1. The molecule has 2 aliphatic heterocycles. The average molecular weight is 796 g/mol. The standard InChI is InChI=1S/C45H54ClN5O6/c1-32(52)49-37-15-20-50(21-16-37)18-10-22-57-45(17-9-13-38(44(45,2)3)35-11-5-4-6-12-35)31-56-42-25-41(55-30-34-23-33(26-47)27-48-28-34)36(24-39(42)46)29-51-19-8-7-14-40(51)43(53)54/h4-6,9,11-13,17,23-25,27-28,37,40H,7-8,10,14-16,18-22,29-31H2,1-3H3,(H,49,52)(H,53,54)/t40-,45?/m0/s1. The molecule has 11 nitrogen and oxygen atoms in total. The maximum atomic E-state index is 12.2. The molecule has 57 heavy (non-hydrogen) atoms. The number of halogens is 1. The molecule has 6 rings (SSSR count). The van der Waals surface area contributed by atoms with Crippen molar-refractivity contribution < 1.29 is 28.9 Å². The minimum atomic E-state index is -0.875. The number of ether oxygens (including phenoxy) is 3. The van der Waals surface area contributed by atoms with E-state index in [9.17, 15) is 20.0 Å². The highest BCUT2D eigenvalue weighted by molar-refractivity contribution is 6.32. The smallest absolute Gasteiger partial charge is 0.320 e. The molecule has 0 radical (unpaired) electrons. The maximum absolute atomic E-state index is 12.2. The van der Waals surface area contributed by atoms with Gasteiger partial charge in [0.05, 0.1) is 10.6 Å². The van der Waals surface area contributed by atoms with Crippen LogP contribution >= 0.6 is 11.6 Å². The monoisotopic (exact) mass is 795 g/mol. The van der Waals surface area contributed by atoms with Crippen molar-refractivity contribution in [3.05, 3.63) is 106 Å². The number of rotatable bonds is 16. The molecule has 12 heteroatoms. The first-order chi connectivity index (χ1) is 27.5. The molecule has 3 aromatic rings. The van der Waals surface area contributed by atoms with E-state index < -0.39 is 23.0 Å². The number of aromatic nitrogens is 1. The van der Waals surface area contributed by atoms with Gasteiger partial charge in [0.2, 0.25) is 5.91 Å². The lowest BCUT2D eigenvalue weighted by molar-refractivity contribution is -0.144. The number of hydrogen-bond donors (Lipinski definition) is 2. The Bertz CT molecular complexity index is 1970. The first kappa shape index (κ1) is 41.9. The summed E-state index contributed by atoms with van der Waals surface area (Å²) in [6, 6.07) is 17.4. The summed E-state index contributed by atoms with van der Waals surface area (Å²) < 4.78 is 20.1. The van der Waals surface area contributed by atoms with Gasteiger partial charge < -0.3 is 29.5 Å². The quantitative estimate of drug-likeness (QED) is 0.141. The lowest BCUT2D eigenvalue weighted by atomic mass is 9.65. The minimum absolute atomic E-state index is 0.0218. The van der Waals surface area contributed by atoms with Gasteiger partial charge >= 0.3 is 5.97 Å². The van der Waals surface area contributed by atoms with Crippen molar-refractivity contribution >= 4 is 29.1 Å². The lowest BCUT2D eigenvalue weighted by Gasteiger charge is -2.47. The van der Waals surface area contributed by atoms with Crippen LogP contribution in [0.4, 0.5) is 0 Å². The van der Waals surface area contributed by atoms with E-state index in [1.807, 2.05) is 35.2 Å². The number of carboxylic acid groups (broad SMARTS) is 1. The summed E-state index contributed by atoms with van der Waals surface area (Å²) >= 11 is 7.02. The molecule has 2 N–H and O–H groups in total. The van der Waals surface area contributed by atoms with E-state index in [0.717, 1.165) is 74.0 Å². The van der Waals surface area contributed by atoms with Gasteiger partial charge in [-0.05, 0) is 68.0 Å². The molecule has 1 amide bonds. The highest BCUT2D eigenvalue weighted by atomic mass is 35.5. The predicted molar refractivity (Wildman–Crippen MR) is 220 cm³/mol. The summed E-state index contributed by atoms with van der Waals surface area (Å²) in [4.78, 5) is 32.3. The third-order valence-electron chi connectivity index (χ3n) is 11.6. The van der Waals surface area contributed by atoms with Crippen LogP contribution in [0.3, 0.4) is 0 Å². The molecule has 302 valence electrons. The van der Waals surface area contributed by atoms with E-state index in [2.05, 4.69) is 59.4 Å². The maximum Gasteiger partial charge on any atom is 0.320 e. The van der Waals surface area contributed by atoms with Gasteiger partial charge in [-0.3, -0.25) is 19.5 Å². The summed E-state index contributed by atoms with van der Waals surface area (Å²) in [5, 5.41) is 22.9. The summed E-state index contributed by atoms with van der Waals surface area (Å²) in [5.74, 6) is 0.102. The summed E-state index contributed by atoms with van der Waals surface area (Å²) in [6.07, 6.45) is 14.5. The molecule has 1 aromatic heterocycles. The van der Waals surface area contributed by atoms with E-state index in [1.54, 1.807) is 25.3 Å². The van der Waals surface area contributed by atoms with Crippen LogP contribution in [0.25, 0.3) is 5.57 Å². The molecule has 1 unspecified atom stereocenters. The van der Waals surface area contributed by atoms with Crippen LogP contribution in [0, 0.1) is 16.7 Å². The Labute approximate surface area is 341 Å². The second-order valence-corrected chi connectivity index (χ2v) is 16.2. The second-order valence-electron chi connectivity index (χ2n) is 15.8. The predicted octanol–water partition coefficient (Wildman–Crippen LogP) is 7.43. The van der Waals surface area contributed by atoms with Crippen LogP contribution < -0.4 is 14.8 Å². The third-order valence-corrected chi connectivity index (χ3v) is 11.9. The molecule has 2 atom stereocenters. The number of amides is 1. The fourth-order valence-electron chi connectivity index (χ4n) is 8.25. The van der Waals surface area contributed by atoms with Crippen LogP contribution in [-0.2, 0) is 27.5 Å². The number of nitrogens with zero attached hydrogens (tertiary/aromatic N) is 4. The van der Waals surface area contributed by atoms with Gasteiger partial charge in [0, 0.05) is 80.8 Å². The molecule has 2 saturated heterocycles. The Morgan fingerprint density at radius 3 is 2.56 bits per heavy atom. The van der Waals surface area contributed by atoms with E-state index in [1.165, 1.54) is 6.20 Å². The molecule has 2 fully saturated rings. The van der Waals surface area contributed by atoms with Crippen molar-refractivity contribution in [1.82, 2.24) is 20.1 Å². The number of hydrogen-bond acceptors (Lipinski definition) is 9. The summed E-state index contributed by atoms with van der Waals surface area (Å²) in [6.45, 7) is 10.5. The Morgan fingerprint density at radius 2 is 1.82 bits per heavy atom. The minimum Gasteiger partial charge on any atom is -0.488 e. The Kier molecular flexibility index (Phi) is 14.1. The van der Waals surface area contributed by atoms with E-state index in [4.69, 9.17) is 25.8 Å². The fraction of sp³-hybridized carbons (Fsp3) is 0.467. The number of carbonyl (C=O) groups is 2. The zero-order valence-corrected chi connectivity index (χ0v) is 34.0. The topological polar surface area (TPSA) is 137 Å². The number of benzene rings is 2. The van der Waals surface area contributed by atoms with Crippen LogP contribution in [0.2, 0.25) is 5.02 Å². The molecular weight excluding hydrogens is 742 g/mol. The number of nitrogens with one attached hydrogen (secondary N) is 1. The van der Waals surface area contributed by atoms with Gasteiger partial charge in [0.25, 0.3) is 0 Å². The summed E-state index contributed by atoms with van der Waals surface area (Å²) in [5.41, 5.74) is 2.72. The van der Waals surface area contributed by atoms with Gasteiger partial charge in [-0.25, -0.2) is 0 Å². The number of pyridine rings is 1. The van der Waals surface area contributed by atoms with Gasteiger partial charge in [-0.15, -0.1) is 0 Å². The highest BCUT2D eigenvalue weighted by Gasteiger charge is 2.49. The number of piperidine rings is 2. The normalized spacial score (nSPS) is 21.3. The van der Waals surface area contributed by atoms with Crippen molar-refractivity contribution in [3.8, 4) is 17.6 Å². The highest BCUT2D eigenvalue weighted by Crippen LogP contribution is 2.49. The number of aliphatic carboxylic acids is 1. The number of nitriles is 1. The van der Waals surface area contributed by atoms with Crippen molar-refractivity contribution in [1.29, 1.82) is 5.26 Å². The van der Waals surface area contributed by atoms with Gasteiger partial charge in [-0.1, -0.05) is 74.4 Å². The van der Waals surface area contributed by atoms with Gasteiger partial charge in [0.15, 0.2) is 0 Å². The SMILES string of the molecule is CC(=O)NC1CCN(CCCOC2(COc3cc(OCc4cncc(C#N)c4)c(CN4CCCC[C@H]4C(=O)O)cc3Cl)C=CC=C(c3ccccc3)C2(C)C)CC1. The van der Waals surface area contributed by atoms with Gasteiger partial charge in [0.1, 0.15) is 42.4 Å². The molecule has 2 aromatic carbocycles. The van der Waals surface area contributed by atoms with Crippen LogP contribution in [-0.4, -0.2) is 88.8 Å². The number of likely N-dealkylation sites (tertiary alicyclic amines) is 2. The average Bonchev–Trinajstić information content (AvgIpc) is 3.20. The van der Waals surface area contributed by atoms with Crippen LogP contribution in [0.15, 0.2) is 79.2 Å². The van der Waals surface area contributed by atoms with Crippen LogP contribution in [0.5, 0.6) is 11.5 Å². The van der Waals surface area contributed by atoms with E-state index in [-0.39, 0.29) is 25.2 Å². The van der Waals surface area contributed by atoms with E-state index >= 15 is 0 Å². The first-order valence-corrected chi connectivity index (χ1v) is 20.3. The molecule has 3 heterocycles. The molecule has 1 aliphatic carbocycles. The molecule has 0 saturated carbocycles.